The van der Waals surface area contributed by atoms with Gasteiger partial charge in [0.1, 0.15) is 0 Å². The second kappa shape index (κ2) is 5.29. The molecule has 2 bridgehead atoms. The summed E-state index contributed by atoms with van der Waals surface area (Å²) in [5.41, 5.74) is 1.78. The molecule has 4 fully saturated rings. The third kappa shape index (κ3) is 1.96. The molecular weight excluding hydrogens is 308 g/mol. The second-order valence-corrected chi connectivity index (χ2v) is 6.97. The lowest BCUT2D eigenvalue weighted by atomic mass is 9.81. The first kappa shape index (κ1) is 14.4. The Bertz CT molecular complexity index is 655. The van der Waals surface area contributed by atoms with Gasteiger partial charge in [0.25, 0.3) is 0 Å². The summed E-state index contributed by atoms with van der Waals surface area (Å²) in [5, 5.41) is 0. The Labute approximate surface area is 140 Å². The molecular formula is C18H20N2O4. The van der Waals surface area contributed by atoms with Gasteiger partial charge in [-0.3, -0.25) is 9.59 Å². The Morgan fingerprint density at radius 1 is 0.833 bits per heavy atom. The maximum atomic E-state index is 12.8. The van der Waals surface area contributed by atoms with E-state index in [9.17, 15) is 9.59 Å². The van der Waals surface area contributed by atoms with Crippen LogP contribution in [0, 0.1) is 11.8 Å². The van der Waals surface area contributed by atoms with E-state index < -0.39 is 0 Å². The van der Waals surface area contributed by atoms with Gasteiger partial charge in [0, 0.05) is 18.8 Å². The number of benzene rings is 1. The van der Waals surface area contributed by atoms with Crippen LogP contribution >= 0.6 is 0 Å². The third-order valence-corrected chi connectivity index (χ3v) is 5.77. The van der Waals surface area contributed by atoms with Crippen molar-refractivity contribution in [3.63, 3.8) is 0 Å². The maximum absolute atomic E-state index is 12.8. The number of hydrogen-bond acceptors (Lipinski definition) is 5. The van der Waals surface area contributed by atoms with E-state index in [-0.39, 0.29) is 35.9 Å². The molecule has 0 spiro atoms. The predicted molar refractivity (Wildman–Crippen MR) is 86.8 cm³/mol. The highest BCUT2D eigenvalue weighted by molar-refractivity contribution is 6.22. The lowest BCUT2D eigenvalue weighted by Gasteiger charge is -2.29. The van der Waals surface area contributed by atoms with Gasteiger partial charge in [0.05, 0.1) is 42.9 Å². The third-order valence-electron chi connectivity index (χ3n) is 5.77. The number of amides is 2. The topological polar surface area (TPSA) is 59.1 Å². The van der Waals surface area contributed by atoms with Crippen molar-refractivity contribution >= 4 is 23.2 Å². The Morgan fingerprint density at radius 3 is 1.96 bits per heavy atom. The van der Waals surface area contributed by atoms with Gasteiger partial charge in [-0.1, -0.05) is 0 Å². The number of morpholine rings is 1. The summed E-state index contributed by atoms with van der Waals surface area (Å²) in [7, 11) is 0. The zero-order valence-electron chi connectivity index (χ0n) is 13.4. The first-order valence-corrected chi connectivity index (χ1v) is 8.70. The van der Waals surface area contributed by atoms with Crippen molar-refractivity contribution in [2.75, 3.05) is 36.1 Å². The fourth-order valence-corrected chi connectivity index (χ4v) is 4.60. The minimum atomic E-state index is -0.268. The van der Waals surface area contributed by atoms with Crippen LogP contribution < -0.4 is 9.80 Å². The van der Waals surface area contributed by atoms with Gasteiger partial charge in [-0.15, -0.1) is 0 Å². The molecule has 1 aromatic rings. The summed E-state index contributed by atoms with van der Waals surface area (Å²) in [4.78, 5) is 29.2. The summed E-state index contributed by atoms with van der Waals surface area (Å²) in [6.45, 7) is 3.20. The molecule has 0 N–H and O–H groups in total. The lowest BCUT2D eigenvalue weighted by Crippen LogP contribution is -2.36. The van der Waals surface area contributed by atoms with Gasteiger partial charge in [0.15, 0.2) is 0 Å². The van der Waals surface area contributed by atoms with Crippen molar-refractivity contribution in [2.24, 2.45) is 11.8 Å². The summed E-state index contributed by atoms with van der Waals surface area (Å²) in [6, 6.07) is 7.73. The van der Waals surface area contributed by atoms with Crippen molar-refractivity contribution in [2.45, 2.75) is 25.0 Å². The molecule has 0 unspecified atom stereocenters. The minimum absolute atomic E-state index is 0.0610. The highest BCUT2D eigenvalue weighted by Crippen LogP contribution is 2.49. The van der Waals surface area contributed by atoms with E-state index in [4.69, 9.17) is 9.47 Å². The molecule has 4 aliphatic rings. The minimum Gasteiger partial charge on any atom is -0.378 e. The summed E-state index contributed by atoms with van der Waals surface area (Å²) >= 11 is 0. The number of hydrogen-bond donors (Lipinski definition) is 0. The van der Waals surface area contributed by atoms with Crippen LogP contribution in [-0.4, -0.2) is 50.3 Å². The monoisotopic (exact) mass is 328 g/mol. The average Bonchev–Trinajstić information content (AvgIpc) is 3.30. The smallest absolute Gasteiger partial charge is 0.240 e. The average molecular weight is 328 g/mol. The molecule has 4 saturated heterocycles. The Kier molecular flexibility index (Phi) is 3.18. The fraction of sp³-hybridized carbons (Fsp3) is 0.556. The molecule has 5 rings (SSSR count). The van der Waals surface area contributed by atoms with Gasteiger partial charge in [-0.25, -0.2) is 4.90 Å². The number of anilines is 2. The van der Waals surface area contributed by atoms with E-state index in [2.05, 4.69) is 4.90 Å². The first-order valence-electron chi connectivity index (χ1n) is 8.70. The quantitative estimate of drug-likeness (QED) is 0.763. The van der Waals surface area contributed by atoms with Crippen molar-refractivity contribution in [1.82, 2.24) is 0 Å². The maximum Gasteiger partial charge on any atom is 0.240 e. The molecule has 0 aliphatic carbocycles. The fourth-order valence-electron chi connectivity index (χ4n) is 4.60. The number of carbonyl (C=O) groups is 2. The number of rotatable bonds is 2. The summed E-state index contributed by atoms with van der Waals surface area (Å²) in [5.74, 6) is -0.710. The molecule has 4 heterocycles. The normalized spacial score (nSPS) is 35.0. The molecule has 4 atom stereocenters. The van der Waals surface area contributed by atoms with E-state index in [1.54, 1.807) is 0 Å². The van der Waals surface area contributed by atoms with E-state index in [1.165, 1.54) is 4.90 Å². The molecule has 0 saturated carbocycles. The highest BCUT2D eigenvalue weighted by Gasteiger charge is 2.62. The number of nitrogens with zero attached hydrogens (tertiary/aromatic N) is 2. The summed E-state index contributed by atoms with van der Waals surface area (Å²) < 4.78 is 11.1. The van der Waals surface area contributed by atoms with Crippen LogP contribution in [0.4, 0.5) is 11.4 Å². The van der Waals surface area contributed by atoms with Crippen LogP contribution in [0.2, 0.25) is 0 Å². The Balaban J connectivity index is 1.40. The molecule has 126 valence electrons. The zero-order valence-corrected chi connectivity index (χ0v) is 13.4. The molecule has 1 aromatic carbocycles. The van der Waals surface area contributed by atoms with E-state index >= 15 is 0 Å². The molecule has 0 radical (unpaired) electrons. The molecule has 6 nitrogen and oxygen atoms in total. The van der Waals surface area contributed by atoms with Crippen molar-refractivity contribution in [3.05, 3.63) is 24.3 Å². The van der Waals surface area contributed by atoms with Gasteiger partial charge in [-0.05, 0) is 37.1 Å². The predicted octanol–water partition coefficient (Wildman–Crippen LogP) is 1.19. The highest BCUT2D eigenvalue weighted by atomic mass is 16.5. The van der Waals surface area contributed by atoms with Crippen LogP contribution in [0.1, 0.15) is 12.8 Å². The van der Waals surface area contributed by atoms with Crippen LogP contribution in [0.15, 0.2) is 24.3 Å². The molecule has 0 aromatic heterocycles. The lowest BCUT2D eigenvalue weighted by molar-refractivity contribution is -0.124. The van der Waals surface area contributed by atoms with E-state index in [1.807, 2.05) is 24.3 Å². The van der Waals surface area contributed by atoms with Crippen LogP contribution in [-0.2, 0) is 19.1 Å². The van der Waals surface area contributed by atoms with E-state index in [0.29, 0.717) is 5.69 Å². The molecule has 6 heteroatoms. The summed E-state index contributed by atoms with van der Waals surface area (Å²) in [6.07, 6.45) is 1.67. The van der Waals surface area contributed by atoms with Crippen molar-refractivity contribution in [1.29, 1.82) is 0 Å². The largest absolute Gasteiger partial charge is 0.378 e. The first-order chi connectivity index (χ1) is 11.7. The number of ether oxygens (including phenoxy) is 2. The number of imide groups is 1. The second-order valence-electron chi connectivity index (χ2n) is 6.97. The van der Waals surface area contributed by atoms with Gasteiger partial charge < -0.3 is 14.4 Å². The van der Waals surface area contributed by atoms with Crippen molar-refractivity contribution < 1.29 is 19.1 Å². The Hall–Kier alpha value is -1.92. The van der Waals surface area contributed by atoms with Crippen molar-refractivity contribution in [3.8, 4) is 0 Å². The van der Waals surface area contributed by atoms with Gasteiger partial charge >= 0.3 is 0 Å². The number of fused-ring (bicyclic) bond motifs is 5. The standard InChI is InChI=1S/C18H20N2O4/c21-17-15-13-5-6-14(24-13)16(15)18(22)20(17)12-3-1-11(2-4-12)19-7-9-23-10-8-19/h1-4,13-16H,5-10H2/t13-,14-,15-,16-/m1/s1. The van der Waals surface area contributed by atoms with Gasteiger partial charge in [-0.2, -0.15) is 0 Å². The molecule has 2 amide bonds. The van der Waals surface area contributed by atoms with E-state index in [0.717, 1.165) is 44.8 Å². The van der Waals surface area contributed by atoms with Crippen LogP contribution in [0.5, 0.6) is 0 Å². The van der Waals surface area contributed by atoms with Crippen LogP contribution in [0.3, 0.4) is 0 Å². The number of carbonyl (C=O) groups excluding carboxylic acids is 2. The van der Waals surface area contributed by atoms with Crippen LogP contribution in [0.25, 0.3) is 0 Å². The Morgan fingerprint density at radius 2 is 1.38 bits per heavy atom. The molecule has 4 aliphatic heterocycles. The molecule has 24 heavy (non-hydrogen) atoms. The SMILES string of the molecule is O=C1[C@H]2[C@H](C(=O)N1c1ccc(N3CCOCC3)cc1)[C@H]1CC[C@H]2O1. The van der Waals surface area contributed by atoms with Gasteiger partial charge in [0.2, 0.25) is 11.8 Å². The zero-order chi connectivity index (χ0) is 16.3.